The van der Waals surface area contributed by atoms with Gasteiger partial charge in [-0.15, -0.1) is 0 Å². The lowest BCUT2D eigenvalue weighted by Gasteiger charge is -2.25. The van der Waals surface area contributed by atoms with Crippen LogP contribution in [0.1, 0.15) is 43.7 Å². The minimum atomic E-state index is -0.595. The number of fused-ring (bicyclic) bond motifs is 1. The highest BCUT2D eigenvalue weighted by molar-refractivity contribution is 5.79. The van der Waals surface area contributed by atoms with Crippen LogP contribution in [0.25, 0.3) is 0 Å². The van der Waals surface area contributed by atoms with E-state index in [1.807, 2.05) is 6.92 Å². The Balaban J connectivity index is 1.46. The molecule has 3 aliphatic heterocycles. The molecule has 1 aromatic carbocycles. The quantitative estimate of drug-likeness (QED) is 0.861. The standard InChI is InChI=1S/C18H23NO3/c1-18(21-10-11-22-18)14-4-2-13(3-5-14)12-16-7-6-15-8-9-17(20)19(15)16/h2-5,15-16H,6-12H2,1H3/t15-,16-/m1/s1. The summed E-state index contributed by atoms with van der Waals surface area (Å²) in [6, 6.07) is 9.40. The third-order valence-corrected chi connectivity index (χ3v) is 5.39. The molecule has 4 heteroatoms. The maximum Gasteiger partial charge on any atom is 0.223 e. The van der Waals surface area contributed by atoms with Gasteiger partial charge < -0.3 is 14.4 Å². The molecule has 0 aliphatic carbocycles. The molecule has 0 unspecified atom stereocenters. The topological polar surface area (TPSA) is 38.8 Å². The predicted octanol–water partition coefficient (Wildman–Crippen LogP) is 2.60. The molecule has 22 heavy (non-hydrogen) atoms. The lowest BCUT2D eigenvalue weighted by Crippen LogP contribution is -2.36. The van der Waals surface area contributed by atoms with Crippen molar-refractivity contribution in [3.63, 3.8) is 0 Å². The summed E-state index contributed by atoms with van der Waals surface area (Å²) >= 11 is 0. The summed E-state index contributed by atoms with van der Waals surface area (Å²) in [5.74, 6) is -0.244. The number of carbonyl (C=O) groups excluding carboxylic acids is 1. The van der Waals surface area contributed by atoms with Gasteiger partial charge in [-0.25, -0.2) is 0 Å². The third-order valence-electron chi connectivity index (χ3n) is 5.39. The number of hydrogen-bond donors (Lipinski definition) is 0. The molecule has 3 fully saturated rings. The molecule has 0 N–H and O–H groups in total. The second kappa shape index (κ2) is 5.36. The molecule has 0 radical (unpaired) electrons. The highest BCUT2D eigenvalue weighted by Crippen LogP contribution is 2.35. The van der Waals surface area contributed by atoms with Crippen LogP contribution in [0, 0.1) is 0 Å². The lowest BCUT2D eigenvalue weighted by atomic mass is 9.99. The maximum absolute atomic E-state index is 12.0. The second-order valence-electron chi connectivity index (χ2n) is 6.77. The average molecular weight is 301 g/mol. The molecule has 0 spiro atoms. The number of amides is 1. The molecule has 2 atom stereocenters. The Labute approximate surface area is 131 Å². The van der Waals surface area contributed by atoms with Gasteiger partial charge in [0.05, 0.1) is 13.2 Å². The summed E-state index contributed by atoms with van der Waals surface area (Å²) in [6.07, 6.45) is 5.08. The van der Waals surface area contributed by atoms with Gasteiger partial charge in [0.25, 0.3) is 0 Å². The van der Waals surface area contributed by atoms with Crippen LogP contribution in [0.5, 0.6) is 0 Å². The fourth-order valence-corrected chi connectivity index (χ4v) is 4.17. The third kappa shape index (κ3) is 2.34. The monoisotopic (exact) mass is 301 g/mol. The van der Waals surface area contributed by atoms with Crippen LogP contribution < -0.4 is 0 Å². The predicted molar refractivity (Wildman–Crippen MR) is 82.3 cm³/mol. The minimum Gasteiger partial charge on any atom is -0.344 e. The van der Waals surface area contributed by atoms with E-state index in [0.717, 1.165) is 31.2 Å². The van der Waals surface area contributed by atoms with E-state index < -0.39 is 5.79 Å². The zero-order valence-corrected chi connectivity index (χ0v) is 13.1. The first-order valence-corrected chi connectivity index (χ1v) is 8.34. The van der Waals surface area contributed by atoms with Crippen LogP contribution in [0.4, 0.5) is 0 Å². The maximum atomic E-state index is 12.0. The van der Waals surface area contributed by atoms with Crippen molar-refractivity contribution in [2.24, 2.45) is 0 Å². The normalized spacial score (nSPS) is 30.0. The SMILES string of the molecule is CC1(c2ccc(C[C@H]3CC[C@@H]4CCC(=O)N43)cc2)OCCO1. The summed E-state index contributed by atoms with van der Waals surface area (Å²) in [6.45, 7) is 3.27. The largest absolute Gasteiger partial charge is 0.344 e. The van der Waals surface area contributed by atoms with Crippen molar-refractivity contribution in [3.05, 3.63) is 35.4 Å². The Morgan fingerprint density at radius 3 is 2.59 bits per heavy atom. The summed E-state index contributed by atoms with van der Waals surface area (Å²) in [4.78, 5) is 14.2. The highest BCUT2D eigenvalue weighted by Gasteiger charge is 2.41. The van der Waals surface area contributed by atoms with Crippen molar-refractivity contribution >= 4 is 5.91 Å². The number of nitrogens with zero attached hydrogens (tertiary/aromatic N) is 1. The van der Waals surface area contributed by atoms with Gasteiger partial charge in [-0.2, -0.15) is 0 Å². The van der Waals surface area contributed by atoms with Crippen molar-refractivity contribution in [3.8, 4) is 0 Å². The first-order chi connectivity index (χ1) is 10.7. The van der Waals surface area contributed by atoms with Crippen LogP contribution in [0.2, 0.25) is 0 Å². The number of hydrogen-bond acceptors (Lipinski definition) is 3. The molecule has 4 rings (SSSR count). The van der Waals surface area contributed by atoms with Crippen molar-refractivity contribution in [1.29, 1.82) is 0 Å². The number of rotatable bonds is 3. The van der Waals surface area contributed by atoms with E-state index in [0.29, 0.717) is 31.2 Å². The van der Waals surface area contributed by atoms with Crippen molar-refractivity contribution in [2.45, 2.75) is 56.9 Å². The van der Waals surface area contributed by atoms with Crippen molar-refractivity contribution in [1.82, 2.24) is 4.90 Å². The van der Waals surface area contributed by atoms with Crippen LogP contribution in [-0.2, 0) is 26.5 Å². The Bertz CT molecular complexity index is 562. The van der Waals surface area contributed by atoms with E-state index in [1.54, 1.807) is 0 Å². The summed E-state index contributed by atoms with van der Waals surface area (Å²) in [7, 11) is 0. The average Bonchev–Trinajstić information content (AvgIpc) is 3.21. The zero-order valence-electron chi connectivity index (χ0n) is 13.1. The van der Waals surface area contributed by atoms with Crippen LogP contribution in [0.15, 0.2) is 24.3 Å². The number of ether oxygens (including phenoxy) is 2. The van der Waals surface area contributed by atoms with E-state index in [2.05, 4.69) is 29.2 Å². The summed E-state index contributed by atoms with van der Waals surface area (Å²) in [5.41, 5.74) is 2.35. The Morgan fingerprint density at radius 1 is 1.14 bits per heavy atom. The van der Waals surface area contributed by atoms with Gasteiger partial charge >= 0.3 is 0 Å². The highest BCUT2D eigenvalue weighted by atomic mass is 16.7. The van der Waals surface area contributed by atoms with Crippen LogP contribution >= 0.6 is 0 Å². The number of carbonyl (C=O) groups is 1. The van der Waals surface area contributed by atoms with E-state index in [4.69, 9.17) is 9.47 Å². The molecular formula is C18H23NO3. The number of benzene rings is 1. The van der Waals surface area contributed by atoms with Gasteiger partial charge in [-0.05, 0) is 38.2 Å². The van der Waals surface area contributed by atoms with Gasteiger partial charge in [0.1, 0.15) is 0 Å². The molecule has 118 valence electrons. The molecule has 1 aromatic rings. The van der Waals surface area contributed by atoms with E-state index in [1.165, 1.54) is 12.0 Å². The molecule has 3 saturated heterocycles. The Morgan fingerprint density at radius 2 is 1.86 bits per heavy atom. The first-order valence-electron chi connectivity index (χ1n) is 8.34. The van der Waals surface area contributed by atoms with E-state index in [9.17, 15) is 4.79 Å². The second-order valence-corrected chi connectivity index (χ2v) is 6.77. The molecule has 0 aromatic heterocycles. The van der Waals surface area contributed by atoms with Gasteiger partial charge in [-0.3, -0.25) is 4.79 Å². The lowest BCUT2D eigenvalue weighted by molar-refractivity contribution is -0.149. The van der Waals surface area contributed by atoms with Crippen molar-refractivity contribution < 1.29 is 14.3 Å². The first kappa shape index (κ1) is 14.2. The van der Waals surface area contributed by atoms with Crippen molar-refractivity contribution in [2.75, 3.05) is 13.2 Å². The van der Waals surface area contributed by atoms with Crippen LogP contribution in [-0.4, -0.2) is 36.1 Å². The van der Waals surface area contributed by atoms with Gasteiger partial charge in [-0.1, -0.05) is 24.3 Å². The fraction of sp³-hybridized carbons (Fsp3) is 0.611. The van der Waals surface area contributed by atoms with Crippen LogP contribution in [0.3, 0.4) is 0 Å². The van der Waals surface area contributed by atoms with E-state index >= 15 is 0 Å². The van der Waals surface area contributed by atoms with Gasteiger partial charge in [0, 0.05) is 24.1 Å². The summed E-state index contributed by atoms with van der Waals surface area (Å²) in [5, 5.41) is 0. The summed E-state index contributed by atoms with van der Waals surface area (Å²) < 4.78 is 11.4. The molecular weight excluding hydrogens is 278 g/mol. The fourth-order valence-electron chi connectivity index (χ4n) is 4.17. The Hall–Kier alpha value is -1.39. The molecule has 0 saturated carbocycles. The minimum absolute atomic E-state index is 0.351. The Kier molecular flexibility index (Phi) is 3.46. The smallest absolute Gasteiger partial charge is 0.223 e. The van der Waals surface area contributed by atoms with Gasteiger partial charge in [0.2, 0.25) is 5.91 Å². The van der Waals surface area contributed by atoms with Gasteiger partial charge in [0.15, 0.2) is 5.79 Å². The van der Waals surface area contributed by atoms with E-state index in [-0.39, 0.29) is 0 Å². The molecule has 4 nitrogen and oxygen atoms in total. The molecule has 1 amide bonds. The zero-order chi connectivity index (χ0) is 15.2. The molecule has 3 aliphatic rings. The molecule has 0 bridgehead atoms. The molecule has 3 heterocycles.